The largest absolute Gasteiger partial charge is 0.261 e. The first kappa shape index (κ1) is 9.84. The smallest absolute Gasteiger partial charge is 0.178 e. The summed E-state index contributed by atoms with van der Waals surface area (Å²) in [4.78, 5) is 17.0. The van der Waals surface area contributed by atoms with E-state index in [1.165, 1.54) is 0 Å². The van der Waals surface area contributed by atoms with Crippen molar-refractivity contribution in [3.05, 3.63) is 48.7 Å². The average Bonchev–Trinajstić information content (AvgIpc) is 2.39. The van der Waals surface area contributed by atoms with E-state index in [1.54, 1.807) is 24.8 Å². The minimum absolute atomic E-state index is 0.665. The van der Waals surface area contributed by atoms with Gasteiger partial charge in [0.2, 0.25) is 0 Å². The molecule has 0 saturated heterocycles. The Morgan fingerprint density at radius 2 is 1.82 bits per heavy atom. The van der Waals surface area contributed by atoms with Gasteiger partial charge in [0.15, 0.2) is 5.65 Å². The lowest BCUT2D eigenvalue weighted by Gasteiger charge is -2.04. The molecule has 0 aliphatic rings. The third kappa shape index (κ3) is 1.73. The van der Waals surface area contributed by atoms with Gasteiger partial charge in [-0.15, -0.1) is 0 Å². The molecule has 3 aromatic heterocycles. The summed E-state index contributed by atoms with van der Waals surface area (Å²) in [6.45, 7) is 1.98. The van der Waals surface area contributed by atoms with Crippen LogP contribution in [0.3, 0.4) is 0 Å². The standard InChI is InChI=1S/C13H10N4/c1-9-11(3-2-4-14-9)10-7-12-13(17-8-10)16-6-5-15-12/h2-8H,1H3. The Kier molecular flexibility index (Phi) is 2.26. The molecule has 3 rings (SSSR count). The third-order valence-electron chi connectivity index (χ3n) is 2.64. The lowest BCUT2D eigenvalue weighted by molar-refractivity contribution is 1.19. The molecule has 0 N–H and O–H groups in total. The summed E-state index contributed by atoms with van der Waals surface area (Å²) in [5.74, 6) is 0. The molecule has 4 heteroatoms. The van der Waals surface area contributed by atoms with Gasteiger partial charge in [-0.25, -0.2) is 9.97 Å². The maximum atomic E-state index is 4.30. The molecule has 17 heavy (non-hydrogen) atoms. The van der Waals surface area contributed by atoms with Gasteiger partial charge in [0, 0.05) is 41.6 Å². The predicted molar refractivity (Wildman–Crippen MR) is 65.3 cm³/mol. The Balaban J connectivity index is 2.22. The van der Waals surface area contributed by atoms with Crippen LogP contribution in [0.15, 0.2) is 43.0 Å². The second kappa shape index (κ2) is 3.90. The van der Waals surface area contributed by atoms with Crippen LogP contribution in [0.1, 0.15) is 5.69 Å². The second-order valence-electron chi connectivity index (χ2n) is 3.76. The number of hydrogen-bond donors (Lipinski definition) is 0. The van der Waals surface area contributed by atoms with E-state index in [1.807, 2.05) is 25.1 Å². The quantitative estimate of drug-likeness (QED) is 0.634. The van der Waals surface area contributed by atoms with Gasteiger partial charge >= 0.3 is 0 Å². The minimum Gasteiger partial charge on any atom is -0.261 e. The molecule has 82 valence electrons. The summed E-state index contributed by atoms with van der Waals surface area (Å²) < 4.78 is 0. The summed E-state index contributed by atoms with van der Waals surface area (Å²) in [6.07, 6.45) is 6.91. The van der Waals surface area contributed by atoms with Crippen molar-refractivity contribution in [3.8, 4) is 11.1 Å². The van der Waals surface area contributed by atoms with Crippen molar-refractivity contribution < 1.29 is 0 Å². The van der Waals surface area contributed by atoms with Gasteiger partial charge in [0.25, 0.3) is 0 Å². The molecule has 0 aliphatic heterocycles. The molecule has 0 aromatic carbocycles. The van der Waals surface area contributed by atoms with Crippen molar-refractivity contribution in [1.82, 2.24) is 19.9 Å². The predicted octanol–water partition coefficient (Wildman–Crippen LogP) is 2.40. The highest BCUT2D eigenvalue weighted by molar-refractivity contribution is 5.77. The first-order chi connectivity index (χ1) is 8.34. The van der Waals surface area contributed by atoms with E-state index < -0.39 is 0 Å². The molecule has 0 saturated carbocycles. The zero-order valence-corrected chi connectivity index (χ0v) is 9.33. The lowest BCUT2D eigenvalue weighted by Crippen LogP contribution is -1.90. The van der Waals surface area contributed by atoms with E-state index in [2.05, 4.69) is 19.9 Å². The van der Waals surface area contributed by atoms with Gasteiger partial charge in [-0.3, -0.25) is 9.97 Å². The van der Waals surface area contributed by atoms with E-state index in [4.69, 9.17) is 0 Å². The lowest BCUT2D eigenvalue weighted by atomic mass is 10.1. The van der Waals surface area contributed by atoms with Crippen LogP contribution in [0.2, 0.25) is 0 Å². The monoisotopic (exact) mass is 222 g/mol. The fourth-order valence-electron chi connectivity index (χ4n) is 1.79. The molecular formula is C13H10N4. The molecule has 0 atom stereocenters. The van der Waals surface area contributed by atoms with E-state index in [0.717, 1.165) is 22.3 Å². The SMILES string of the molecule is Cc1ncccc1-c1cnc2nccnc2c1. The summed E-state index contributed by atoms with van der Waals surface area (Å²) >= 11 is 0. The Morgan fingerprint density at radius 1 is 0.941 bits per heavy atom. The minimum atomic E-state index is 0.665. The van der Waals surface area contributed by atoms with Gasteiger partial charge in [-0.2, -0.15) is 0 Å². The summed E-state index contributed by atoms with van der Waals surface area (Å²) in [6, 6.07) is 5.93. The van der Waals surface area contributed by atoms with E-state index in [-0.39, 0.29) is 0 Å². The van der Waals surface area contributed by atoms with Gasteiger partial charge < -0.3 is 0 Å². The second-order valence-corrected chi connectivity index (χ2v) is 3.76. The Morgan fingerprint density at radius 3 is 2.71 bits per heavy atom. The highest BCUT2D eigenvalue weighted by Crippen LogP contribution is 2.22. The molecule has 3 aromatic rings. The van der Waals surface area contributed by atoms with Crippen LogP contribution < -0.4 is 0 Å². The number of nitrogens with zero attached hydrogens (tertiary/aromatic N) is 4. The van der Waals surface area contributed by atoms with Crippen LogP contribution in [0.5, 0.6) is 0 Å². The van der Waals surface area contributed by atoms with E-state index >= 15 is 0 Å². The number of fused-ring (bicyclic) bond motifs is 1. The van der Waals surface area contributed by atoms with Crippen LogP contribution in [-0.4, -0.2) is 19.9 Å². The average molecular weight is 222 g/mol. The molecular weight excluding hydrogens is 212 g/mol. The van der Waals surface area contributed by atoms with Crippen LogP contribution in [0.25, 0.3) is 22.3 Å². The van der Waals surface area contributed by atoms with Crippen molar-refractivity contribution in [2.45, 2.75) is 6.92 Å². The maximum Gasteiger partial charge on any atom is 0.178 e. The molecule has 0 radical (unpaired) electrons. The van der Waals surface area contributed by atoms with Crippen molar-refractivity contribution >= 4 is 11.2 Å². The number of rotatable bonds is 1. The van der Waals surface area contributed by atoms with Gasteiger partial charge in [0.05, 0.1) is 0 Å². The van der Waals surface area contributed by atoms with Gasteiger partial charge in [-0.1, -0.05) is 6.07 Å². The zero-order chi connectivity index (χ0) is 11.7. The van der Waals surface area contributed by atoms with Crippen molar-refractivity contribution in [3.63, 3.8) is 0 Å². The molecule has 0 unspecified atom stereocenters. The fourth-order valence-corrected chi connectivity index (χ4v) is 1.79. The van der Waals surface area contributed by atoms with E-state index in [9.17, 15) is 0 Å². The van der Waals surface area contributed by atoms with Crippen LogP contribution in [-0.2, 0) is 0 Å². The third-order valence-corrected chi connectivity index (χ3v) is 2.64. The zero-order valence-electron chi connectivity index (χ0n) is 9.33. The topological polar surface area (TPSA) is 51.6 Å². The van der Waals surface area contributed by atoms with Gasteiger partial charge in [0.1, 0.15) is 5.52 Å². The molecule has 0 amide bonds. The summed E-state index contributed by atoms with van der Waals surface area (Å²) in [5.41, 5.74) is 4.54. The number of hydrogen-bond acceptors (Lipinski definition) is 4. The summed E-state index contributed by atoms with van der Waals surface area (Å²) in [5, 5.41) is 0. The number of pyridine rings is 2. The van der Waals surface area contributed by atoms with Gasteiger partial charge in [-0.05, 0) is 19.1 Å². The molecule has 0 spiro atoms. The van der Waals surface area contributed by atoms with Crippen molar-refractivity contribution in [2.24, 2.45) is 0 Å². The van der Waals surface area contributed by atoms with E-state index in [0.29, 0.717) is 5.65 Å². The van der Waals surface area contributed by atoms with Crippen LogP contribution >= 0.6 is 0 Å². The summed E-state index contributed by atoms with van der Waals surface area (Å²) in [7, 11) is 0. The number of aromatic nitrogens is 4. The van der Waals surface area contributed by atoms with Crippen molar-refractivity contribution in [1.29, 1.82) is 0 Å². The molecule has 4 nitrogen and oxygen atoms in total. The first-order valence-electron chi connectivity index (χ1n) is 5.33. The number of aryl methyl sites for hydroxylation is 1. The highest BCUT2D eigenvalue weighted by Gasteiger charge is 2.04. The molecule has 0 aliphatic carbocycles. The van der Waals surface area contributed by atoms with Crippen LogP contribution in [0.4, 0.5) is 0 Å². The maximum absolute atomic E-state index is 4.30. The molecule has 3 heterocycles. The van der Waals surface area contributed by atoms with Crippen LogP contribution in [0, 0.1) is 6.92 Å². The molecule has 0 bridgehead atoms. The normalized spacial score (nSPS) is 10.6. The molecule has 0 fully saturated rings. The Bertz CT molecular complexity index is 679. The highest BCUT2D eigenvalue weighted by atomic mass is 14.9. The Hall–Kier alpha value is -2.36. The first-order valence-corrected chi connectivity index (χ1v) is 5.33. The fraction of sp³-hybridized carbons (Fsp3) is 0.0769. The Labute approximate surface area is 98.4 Å². The van der Waals surface area contributed by atoms with Crippen molar-refractivity contribution in [2.75, 3.05) is 0 Å².